The molecule has 3 rings (SSSR count). The van der Waals surface area contributed by atoms with Crippen LogP contribution in [0.25, 0.3) is 0 Å². The summed E-state index contributed by atoms with van der Waals surface area (Å²) in [5.41, 5.74) is 0. The zero-order valence-corrected chi connectivity index (χ0v) is 16.2. The van der Waals surface area contributed by atoms with Crippen LogP contribution in [0.3, 0.4) is 0 Å². The molecule has 1 saturated carbocycles. The van der Waals surface area contributed by atoms with E-state index in [1.807, 2.05) is 19.0 Å². The molecule has 1 N–H and O–H groups in total. The van der Waals surface area contributed by atoms with Crippen LogP contribution in [0.2, 0.25) is 0 Å². The molecule has 1 spiro atoms. The number of carbonyl (C=O) groups is 2. The Balaban J connectivity index is 1.39. The van der Waals surface area contributed by atoms with E-state index in [-0.39, 0.29) is 23.7 Å². The van der Waals surface area contributed by atoms with E-state index < -0.39 is 5.79 Å². The van der Waals surface area contributed by atoms with E-state index in [2.05, 4.69) is 10.2 Å². The number of nitrogens with one attached hydrogen (secondary N) is 1. The van der Waals surface area contributed by atoms with Crippen molar-refractivity contribution in [2.75, 3.05) is 53.5 Å². The summed E-state index contributed by atoms with van der Waals surface area (Å²) in [5, 5.41) is 3.02. The van der Waals surface area contributed by atoms with E-state index in [4.69, 9.17) is 9.47 Å². The van der Waals surface area contributed by atoms with Crippen LogP contribution in [-0.2, 0) is 19.1 Å². The summed E-state index contributed by atoms with van der Waals surface area (Å²) in [6.45, 7) is 4.28. The lowest BCUT2D eigenvalue weighted by Gasteiger charge is -2.39. The Hall–Kier alpha value is -1.18. The van der Waals surface area contributed by atoms with Crippen LogP contribution >= 0.6 is 0 Å². The number of likely N-dealkylation sites (N-methyl/N-ethyl adjacent to an activating group) is 1. The fourth-order valence-electron chi connectivity index (χ4n) is 4.26. The number of nitrogens with zero attached hydrogens (tertiary/aromatic N) is 2. The number of likely N-dealkylation sites (tertiary alicyclic amines) is 1. The molecule has 3 fully saturated rings. The van der Waals surface area contributed by atoms with Crippen LogP contribution < -0.4 is 5.32 Å². The predicted molar refractivity (Wildman–Crippen MR) is 97.5 cm³/mol. The maximum absolute atomic E-state index is 12.8. The first-order valence-electron chi connectivity index (χ1n) is 9.98. The van der Waals surface area contributed by atoms with Crippen LogP contribution in [0.5, 0.6) is 0 Å². The molecule has 148 valence electrons. The lowest BCUT2D eigenvalue weighted by Crippen LogP contribution is -2.49. The zero-order valence-electron chi connectivity index (χ0n) is 16.2. The van der Waals surface area contributed by atoms with Crippen LogP contribution in [0.4, 0.5) is 0 Å². The lowest BCUT2D eigenvalue weighted by atomic mass is 9.80. The Morgan fingerprint density at radius 2 is 1.62 bits per heavy atom. The smallest absolute Gasteiger partial charge is 0.225 e. The van der Waals surface area contributed by atoms with E-state index >= 15 is 0 Å². The maximum atomic E-state index is 12.8. The molecule has 0 aromatic rings. The molecule has 0 bridgehead atoms. The molecule has 1 aliphatic carbocycles. The number of rotatable bonds is 5. The Kier molecular flexibility index (Phi) is 6.53. The summed E-state index contributed by atoms with van der Waals surface area (Å²) in [4.78, 5) is 29.1. The highest BCUT2D eigenvalue weighted by Crippen LogP contribution is 2.34. The molecule has 7 nitrogen and oxygen atoms in total. The molecule has 2 saturated heterocycles. The third-order valence-electron chi connectivity index (χ3n) is 5.96. The second-order valence-electron chi connectivity index (χ2n) is 8.08. The van der Waals surface area contributed by atoms with Crippen LogP contribution in [0.1, 0.15) is 38.5 Å². The molecule has 0 aromatic heterocycles. The summed E-state index contributed by atoms with van der Waals surface area (Å²) in [7, 11) is 3.99. The molecule has 3 aliphatic rings. The number of hydrogen-bond acceptors (Lipinski definition) is 5. The van der Waals surface area contributed by atoms with Gasteiger partial charge in [0.25, 0.3) is 0 Å². The van der Waals surface area contributed by atoms with Gasteiger partial charge in [0, 0.05) is 50.9 Å². The van der Waals surface area contributed by atoms with Gasteiger partial charge in [0.05, 0.1) is 13.2 Å². The first kappa shape index (κ1) is 19.6. The molecule has 2 aliphatic heterocycles. The van der Waals surface area contributed by atoms with Crippen molar-refractivity contribution in [1.82, 2.24) is 15.1 Å². The standard InChI is InChI=1S/C19H33N3O4/c1-21(2)12-9-20-17(23)15-3-5-16(6-4-15)18(24)22-10-7-19(8-11-22)25-13-14-26-19/h15-16H,3-14H2,1-2H3,(H,20,23). The molecule has 0 atom stereocenters. The van der Waals surface area contributed by atoms with E-state index in [0.29, 0.717) is 32.8 Å². The maximum Gasteiger partial charge on any atom is 0.225 e. The van der Waals surface area contributed by atoms with Gasteiger partial charge in [-0.2, -0.15) is 0 Å². The average Bonchev–Trinajstić information content (AvgIpc) is 3.09. The summed E-state index contributed by atoms with van der Waals surface area (Å²) in [6, 6.07) is 0. The average molecular weight is 367 g/mol. The van der Waals surface area contributed by atoms with Crippen molar-refractivity contribution < 1.29 is 19.1 Å². The molecule has 2 amide bonds. The number of carbonyl (C=O) groups excluding carboxylic acids is 2. The van der Waals surface area contributed by atoms with Crippen LogP contribution in [0.15, 0.2) is 0 Å². The molecule has 7 heteroatoms. The van der Waals surface area contributed by atoms with Gasteiger partial charge in [-0.25, -0.2) is 0 Å². The monoisotopic (exact) mass is 367 g/mol. The fourth-order valence-corrected chi connectivity index (χ4v) is 4.26. The molecule has 26 heavy (non-hydrogen) atoms. The van der Waals surface area contributed by atoms with Gasteiger partial charge in [-0.05, 0) is 39.8 Å². The van der Waals surface area contributed by atoms with Gasteiger partial charge >= 0.3 is 0 Å². The first-order valence-corrected chi connectivity index (χ1v) is 9.98. The zero-order chi connectivity index (χ0) is 18.6. The van der Waals surface area contributed by atoms with Crippen molar-refractivity contribution in [3.63, 3.8) is 0 Å². The van der Waals surface area contributed by atoms with E-state index in [1.54, 1.807) is 0 Å². The lowest BCUT2D eigenvalue weighted by molar-refractivity contribution is -0.188. The minimum Gasteiger partial charge on any atom is -0.355 e. The SMILES string of the molecule is CN(C)CCNC(=O)C1CCC(C(=O)N2CCC3(CC2)OCCO3)CC1. The highest BCUT2D eigenvalue weighted by atomic mass is 16.7. The Bertz CT molecular complexity index is 487. The van der Waals surface area contributed by atoms with Gasteiger partial charge in [-0.3, -0.25) is 9.59 Å². The normalized spacial score (nSPS) is 28.5. The van der Waals surface area contributed by atoms with Gasteiger partial charge < -0.3 is 24.6 Å². The van der Waals surface area contributed by atoms with Gasteiger partial charge in [-0.15, -0.1) is 0 Å². The molecule has 0 unspecified atom stereocenters. The third-order valence-corrected chi connectivity index (χ3v) is 5.96. The minimum absolute atomic E-state index is 0.0612. The first-order chi connectivity index (χ1) is 12.5. The van der Waals surface area contributed by atoms with E-state index in [9.17, 15) is 9.59 Å². The number of hydrogen-bond donors (Lipinski definition) is 1. The number of piperidine rings is 1. The minimum atomic E-state index is -0.431. The van der Waals surface area contributed by atoms with Gasteiger partial charge in [0.15, 0.2) is 5.79 Å². The third kappa shape index (κ3) is 4.75. The Labute approximate surface area is 156 Å². The van der Waals surface area contributed by atoms with Gasteiger partial charge in [-0.1, -0.05) is 0 Å². The van der Waals surface area contributed by atoms with Crippen molar-refractivity contribution in [3.05, 3.63) is 0 Å². The molecule has 0 aromatic carbocycles. The van der Waals surface area contributed by atoms with Gasteiger partial charge in [0.2, 0.25) is 11.8 Å². The van der Waals surface area contributed by atoms with Crippen molar-refractivity contribution in [2.24, 2.45) is 11.8 Å². The van der Waals surface area contributed by atoms with E-state index in [1.165, 1.54) is 0 Å². The van der Waals surface area contributed by atoms with Crippen molar-refractivity contribution >= 4 is 11.8 Å². The summed E-state index contributed by atoms with van der Waals surface area (Å²) < 4.78 is 11.5. The van der Waals surface area contributed by atoms with Gasteiger partial charge in [0.1, 0.15) is 0 Å². The molecule has 2 heterocycles. The molecular weight excluding hydrogens is 334 g/mol. The van der Waals surface area contributed by atoms with Crippen molar-refractivity contribution in [2.45, 2.75) is 44.3 Å². The second-order valence-corrected chi connectivity index (χ2v) is 8.08. The predicted octanol–water partition coefficient (Wildman–Crippen LogP) is 0.836. The summed E-state index contributed by atoms with van der Waals surface area (Å²) in [6.07, 6.45) is 4.80. The largest absolute Gasteiger partial charge is 0.355 e. The van der Waals surface area contributed by atoms with E-state index in [0.717, 1.165) is 45.1 Å². The fraction of sp³-hybridized carbons (Fsp3) is 0.895. The summed E-state index contributed by atoms with van der Waals surface area (Å²) in [5.74, 6) is 0.0999. The van der Waals surface area contributed by atoms with Crippen LogP contribution in [-0.4, -0.2) is 80.9 Å². The Morgan fingerprint density at radius 1 is 1.04 bits per heavy atom. The number of amides is 2. The quantitative estimate of drug-likeness (QED) is 0.780. The van der Waals surface area contributed by atoms with Crippen molar-refractivity contribution in [1.29, 1.82) is 0 Å². The highest BCUT2D eigenvalue weighted by Gasteiger charge is 2.42. The van der Waals surface area contributed by atoms with Crippen LogP contribution in [0, 0.1) is 11.8 Å². The Morgan fingerprint density at radius 3 is 2.19 bits per heavy atom. The molecular formula is C19H33N3O4. The van der Waals surface area contributed by atoms with Crippen molar-refractivity contribution in [3.8, 4) is 0 Å². The number of ether oxygens (including phenoxy) is 2. The highest BCUT2D eigenvalue weighted by molar-refractivity contribution is 5.81. The topological polar surface area (TPSA) is 71.1 Å². The second kappa shape index (κ2) is 8.67. The molecule has 0 radical (unpaired) electrons. The summed E-state index contributed by atoms with van der Waals surface area (Å²) >= 11 is 0.